The number of ketones is 1. The molecular formula is C15H23N3O3. The maximum atomic E-state index is 12.2. The Morgan fingerprint density at radius 2 is 1.90 bits per heavy atom. The number of hydroxylamine groups is 2. The van der Waals surface area contributed by atoms with Crippen LogP contribution in [0.15, 0.2) is 30.3 Å². The number of para-hydroxylation sites is 1. The predicted octanol–water partition coefficient (Wildman–Crippen LogP) is 0.723. The first-order chi connectivity index (χ1) is 9.70. The Labute approximate surface area is 125 Å². The Morgan fingerprint density at radius 3 is 2.38 bits per heavy atom. The van der Waals surface area contributed by atoms with Crippen molar-refractivity contribution < 1.29 is 14.4 Å². The summed E-state index contributed by atoms with van der Waals surface area (Å²) in [6, 6.07) is 7.94. The minimum absolute atomic E-state index is 0.273. The van der Waals surface area contributed by atoms with Crippen molar-refractivity contribution in [1.82, 2.24) is 10.4 Å². The highest BCUT2D eigenvalue weighted by Crippen LogP contribution is 2.12. The molecule has 0 aliphatic rings. The van der Waals surface area contributed by atoms with Crippen LogP contribution in [0, 0.1) is 0 Å². The van der Waals surface area contributed by atoms with Gasteiger partial charge in [-0.1, -0.05) is 18.2 Å². The first-order valence-electron chi connectivity index (χ1n) is 6.73. The van der Waals surface area contributed by atoms with Gasteiger partial charge < -0.3 is 15.9 Å². The lowest BCUT2D eigenvalue weighted by atomic mass is 10.1. The summed E-state index contributed by atoms with van der Waals surface area (Å²) < 4.78 is 0. The lowest BCUT2D eigenvalue weighted by Crippen LogP contribution is -2.54. The average molecular weight is 293 g/mol. The monoisotopic (exact) mass is 293 g/mol. The Kier molecular flexibility index (Phi) is 5.87. The maximum absolute atomic E-state index is 12.2. The van der Waals surface area contributed by atoms with E-state index >= 15 is 0 Å². The van der Waals surface area contributed by atoms with Gasteiger partial charge in [-0.15, -0.1) is 5.06 Å². The van der Waals surface area contributed by atoms with Crippen LogP contribution >= 0.6 is 0 Å². The average Bonchev–Trinajstić information content (AvgIpc) is 2.36. The Hall–Kier alpha value is -1.92. The number of carbonyl (C=O) groups excluding carboxylic acids is 2. The maximum Gasteiger partial charge on any atom is 0.248 e. The molecule has 1 rings (SSSR count). The molecular weight excluding hydrogens is 270 g/mol. The third-order valence-corrected chi connectivity index (χ3v) is 2.71. The lowest BCUT2D eigenvalue weighted by Gasteiger charge is -2.26. The number of hydrogen-bond acceptors (Lipinski definition) is 5. The van der Waals surface area contributed by atoms with Crippen LogP contribution in [0.5, 0.6) is 5.75 Å². The number of rotatable bonds is 7. The SMILES string of the molecule is CC(=O)C(C(=O)NCC(C)(C)N)N(C)Oc1ccccc1. The van der Waals surface area contributed by atoms with Crippen LogP contribution in [0.3, 0.4) is 0 Å². The molecule has 1 atom stereocenters. The minimum Gasteiger partial charge on any atom is -0.405 e. The standard InChI is InChI=1S/C15H23N3O3/c1-11(19)13(14(20)17-10-15(2,3)16)18(4)21-12-8-6-5-7-9-12/h5-9,13H,10,16H2,1-4H3,(H,17,20). The molecule has 0 bridgehead atoms. The summed E-state index contributed by atoms with van der Waals surface area (Å²) in [5, 5.41) is 3.91. The molecule has 1 aromatic carbocycles. The third kappa shape index (κ3) is 5.93. The van der Waals surface area contributed by atoms with Crippen LogP contribution in [-0.4, -0.2) is 41.9 Å². The minimum atomic E-state index is -1.02. The van der Waals surface area contributed by atoms with Crippen LogP contribution in [0.2, 0.25) is 0 Å². The van der Waals surface area contributed by atoms with Crippen molar-refractivity contribution in [3.8, 4) is 5.75 Å². The molecule has 3 N–H and O–H groups in total. The van der Waals surface area contributed by atoms with E-state index in [2.05, 4.69) is 5.32 Å². The largest absolute Gasteiger partial charge is 0.405 e. The summed E-state index contributed by atoms with van der Waals surface area (Å²) in [6.07, 6.45) is 0. The molecule has 1 unspecified atom stereocenters. The fourth-order valence-electron chi connectivity index (χ4n) is 1.72. The quantitative estimate of drug-likeness (QED) is 0.572. The second kappa shape index (κ2) is 7.19. The molecule has 6 heteroatoms. The number of amides is 1. The van der Waals surface area contributed by atoms with E-state index in [0.29, 0.717) is 5.75 Å². The van der Waals surface area contributed by atoms with E-state index in [0.717, 1.165) is 0 Å². The molecule has 0 aromatic heterocycles. The summed E-state index contributed by atoms with van der Waals surface area (Å²) in [5.41, 5.74) is 5.27. The Balaban J connectivity index is 2.72. The van der Waals surface area contributed by atoms with Crippen molar-refractivity contribution in [3.63, 3.8) is 0 Å². The number of nitrogens with two attached hydrogens (primary N) is 1. The van der Waals surface area contributed by atoms with E-state index in [1.807, 2.05) is 18.2 Å². The van der Waals surface area contributed by atoms with Gasteiger partial charge in [0.25, 0.3) is 0 Å². The van der Waals surface area contributed by atoms with Gasteiger partial charge in [0, 0.05) is 19.1 Å². The molecule has 0 aliphatic carbocycles. The third-order valence-electron chi connectivity index (χ3n) is 2.71. The normalized spacial score (nSPS) is 12.9. The van der Waals surface area contributed by atoms with Gasteiger partial charge in [-0.3, -0.25) is 9.59 Å². The van der Waals surface area contributed by atoms with E-state index in [-0.39, 0.29) is 12.3 Å². The highest BCUT2D eigenvalue weighted by Gasteiger charge is 2.30. The molecule has 6 nitrogen and oxygen atoms in total. The smallest absolute Gasteiger partial charge is 0.248 e. The summed E-state index contributed by atoms with van der Waals surface area (Å²) in [4.78, 5) is 29.4. The summed E-state index contributed by atoms with van der Waals surface area (Å²) in [7, 11) is 1.55. The molecule has 0 saturated heterocycles. The van der Waals surface area contributed by atoms with Crippen LogP contribution in [0.1, 0.15) is 20.8 Å². The number of carbonyl (C=O) groups is 2. The molecule has 1 amide bonds. The van der Waals surface area contributed by atoms with Gasteiger partial charge in [0.2, 0.25) is 5.91 Å². The predicted molar refractivity (Wildman–Crippen MR) is 80.6 cm³/mol. The Bertz CT molecular complexity index is 483. The second-order valence-electron chi connectivity index (χ2n) is 5.67. The zero-order chi connectivity index (χ0) is 16.0. The van der Waals surface area contributed by atoms with Crippen molar-refractivity contribution in [2.24, 2.45) is 5.73 Å². The van der Waals surface area contributed by atoms with Gasteiger partial charge in [-0.05, 0) is 32.9 Å². The Morgan fingerprint density at radius 1 is 1.33 bits per heavy atom. The van der Waals surface area contributed by atoms with E-state index in [1.165, 1.54) is 12.0 Å². The number of nitrogens with one attached hydrogen (secondary N) is 1. The van der Waals surface area contributed by atoms with Crippen LogP contribution in [0.25, 0.3) is 0 Å². The van der Waals surface area contributed by atoms with Crippen molar-refractivity contribution in [3.05, 3.63) is 30.3 Å². The zero-order valence-corrected chi connectivity index (χ0v) is 12.9. The van der Waals surface area contributed by atoms with E-state index < -0.39 is 17.5 Å². The molecule has 0 aliphatic heterocycles. The first-order valence-corrected chi connectivity index (χ1v) is 6.73. The van der Waals surface area contributed by atoms with Crippen LogP contribution in [-0.2, 0) is 9.59 Å². The van der Waals surface area contributed by atoms with Gasteiger partial charge >= 0.3 is 0 Å². The topological polar surface area (TPSA) is 84.7 Å². The van der Waals surface area contributed by atoms with Gasteiger partial charge in [0.05, 0.1) is 0 Å². The number of Topliss-reactive ketones (excluding diaryl/α,β-unsaturated/α-hetero) is 1. The van der Waals surface area contributed by atoms with Gasteiger partial charge in [0.1, 0.15) is 5.75 Å². The first kappa shape index (κ1) is 17.1. The number of likely N-dealkylation sites (N-methyl/N-ethyl adjacent to an activating group) is 1. The van der Waals surface area contributed by atoms with Crippen molar-refractivity contribution in [2.75, 3.05) is 13.6 Å². The second-order valence-corrected chi connectivity index (χ2v) is 5.67. The molecule has 0 radical (unpaired) electrons. The molecule has 0 spiro atoms. The fraction of sp³-hybridized carbons (Fsp3) is 0.467. The zero-order valence-electron chi connectivity index (χ0n) is 12.9. The highest BCUT2D eigenvalue weighted by atomic mass is 16.7. The number of hydrogen-bond donors (Lipinski definition) is 2. The molecule has 21 heavy (non-hydrogen) atoms. The van der Waals surface area contributed by atoms with Crippen LogP contribution in [0.4, 0.5) is 0 Å². The number of nitrogens with zero attached hydrogens (tertiary/aromatic N) is 1. The van der Waals surface area contributed by atoms with Crippen molar-refractivity contribution >= 4 is 11.7 Å². The molecule has 1 aromatic rings. The summed E-state index contributed by atoms with van der Waals surface area (Å²) in [6.45, 7) is 5.21. The fourth-order valence-corrected chi connectivity index (χ4v) is 1.72. The molecule has 0 heterocycles. The molecule has 116 valence electrons. The van der Waals surface area contributed by atoms with E-state index in [1.54, 1.807) is 33.0 Å². The van der Waals surface area contributed by atoms with E-state index in [9.17, 15) is 9.59 Å². The molecule has 0 fully saturated rings. The lowest BCUT2D eigenvalue weighted by molar-refractivity contribution is -0.149. The van der Waals surface area contributed by atoms with Gasteiger partial charge in [0.15, 0.2) is 11.8 Å². The van der Waals surface area contributed by atoms with Gasteiger partial charge in [-0.2, -0.15) is 0 Å². The summed E-state index contributed by atoms with van der Waals surface area (Å²) in [5.74, 6) is -0.182. The van der Waals surface area contributed by atoms with E-state index in [4.69, 9.17) is 10.6 Å². The summed E-state index contributed by atoms with van der Waals surface area (Å²) >= 11 is 0. The van der Waals surface area contributed by atoms with Crippen LogP contribution < -0.4 is 15.9 Å². The highest BCUT2D eigenvalue weighted by molar-refractivity contribution is 6.04. The molecule has 0 saturated carbocycles. The van der Waals surface area contributed by atoms with Gasteiger partial charge in [-0.25, -0.2) is 0 Å². The van der Waals surface area contributed by atoms with Crippen molar-refractivity contribution in [2.45, 2.75) is 32.4 Å². The van der Waals surface area contributed by atoms with Crippen molar-refractivity contribution in [1.29, 1.82) is 0 Å². The number of benzene rings is 1.